The summed E-state index contributed by atoms with van der Waals surface area (Å²) >= 11 is 0. The minimum Gasteiger partial charge on any atom is -0.492 e. The van der Waals surface area contributed by atoms with Crippen molar-refractivity contribution in [2.45, 2.75) is 19.9 Å². The van der Waals surface area contributed by atoms with Crippen LogP contribution in [-0.4, -0.2) is 43.7 Å². The molecule has 0 aliphatic rings. The first-order valence-electron chi connectivity index (χ1n) is 6.50. The smallest absolute Gasteiger partial charge is 0.319 e. The van der Waals surface area contributed by atoms with Crippen LogP contribution in [0.3, 0.4) is 0 Å². The second-order valence-electron chi connectivity index (χ2n) is 4.62. The fourth-order valence-corrected chi connectivity index (χ4v) is 1.66. The zero-order valence-corrected chi connectivity index (χ0v) is 12.1. The van der Waals surface area contributed by atoms with Gasteiger partial charge in [0.25, 0.3) is 0 Å². The van der Waals surface area contributed by atoms with E-state index in [1.807, 2.05) is 18.7 Å². The van der Waals surface area contributed by atoms with E-state index in [0.717, 1.165) is 0 Å². The van der Waals surface area contributed by atoms with Crippen molar-refractivity contribution in [2.24, 2.45) is 0 Å². The molecule has 0 spiro atoms. The molecule has 1 rings (SSSR count). The van der Waals surface area contributed by atoms with Crippen molar-refractivity contribution < 1.29 is 14.3 Å². The quantitative estimate of drug-likeness (QED) is 0.711. The van der Waals surface area contributed by atoms with Crippen molar-refractivity contribution in [3.63, 3.8) is 0 Å². The Bertz CT molecular complexity index is 463. The number of nitrogens with zero attached hydrogens (tertiary/aromatic N) is 2. The number of rotatable bonds is 7. The zero-order valence-electron chi connectivity index (χ0n) is 12.1. The maximum atomic E-state index is 11.3. The van der Waals surface area contributed by atoms with Gasteiger partial charge in [-0.05, 0) is 38.1 Å². The molecule has 0 radical (unpaired) electrons. The van der Waals surface area contributed by atoms with Crippen LogP contribution >= 0.6 is 0 Å². The van der Waals surface area contributed by atoms with Crippen LogP contribution in [0.25, 0.3) is 0 Å². The number of esters is 1. The normalized spacial score (nSPS) is 10.4. The number of hydrogen-bond acceptors (Lipinski definition) is 5. The standard InChI is InChI=1S/C15H20N2O3/c1-12(2)17(11-15(18)19-3)8-9-20-14-6-4-13(10-16)5-7-14/h4-7,12H,8-9,11H2,1-3H3. The Balaban J connectivity index is 2.43. The Morgan fingerprint density at radius 3 is 2.50 bits per heavy atom. The highest BCUT2D eigenvalue weighted by Gasteiger charge is 2.14. The van der Waals surface area contributed by atoms with Crippen LogP contribution in [0, 0.1) is 11.3 Å². The average Bonchev–Trinajstić information content (AvgIpc) is 2.46. The summed E-state index contributed by atoms with van der Waals surface area (Å²) < 4.78 is 10.3. The van der Waals surface area contributed by atoms with Crippen LogP contribution in [-0.2, 0) is 9.53 Å². The molecule has 0 saturated carbocycles. The lowest BCUT2D eigenvalue weighted by atomic mass is 10.2. The van der Waals surface area contributed by atoms with E-state index < -0.39 is 0 Å². The van der Waals surface area contributed by atoms with Crippen LogP contribution in [0.5, 0.6) is 5.75 Å². The number of carbonyl (C=O) groups excluding carboxylic acids is 1. The van der Waals surface area contributed by atoms with E-state index in [-0.39, 0.29) is 18.6 Å². The second-order valence-corrected chi connectivity index (χ2v) is 4.62. The number of ether oxygens (including phenoxy) is 2. The predicted molar refractivity (Wildman–Crippen MR) is 75.4 cm³/mol. The van der Waals surface area contributed by atoms with Gasteiger partial charge >= 0.3 is 5.97 Å². The number of methoxy groups -OCH3 is 1. The van der Waals surface area contributed by atoms with Crippen molar-refractivity contribution in [3.8, 4) is 11.8 Å². The van der Waals surface area contributed by atoms with Crippen LogP contribution in [0.2, 0.25) is 0 Å². The molecule has 0 fully saturated rings. The first kappa shape index (κ1) is 16.0. The largest absolute Gasteiger partial charge is 0.492 e. The predicted octanol–water partition coefficient (Wildman–Crippen LogP) is 1.82. The summed E-state index contributed by atoms with van der Waals surface area (Å²) in [6.07, 6.45) is 0. The SMILES string of the molecule is COC(=O)CN(CCOc1ccc(C#N)cc1)C(C)C. The van der Waals surface area contributed by atoms with Crippen LogP contribution in [0.1, 0.15) is 19.4 Å². The van der Waals surface area contributed by atoms with E-state index >= 15 is 0 Å². The van der Waals surface area contributed by atoms with Crippen molar-refractivity contribution in [1.82, 2.24) is 4.90 Å². The highest BCUT2D eigenvalue weighted by atomic mass is 16.5. The van der Waals surface area contributed by atoms with Crippen molar-refractivity contribution in [2.75, 3.05) is 26.8 Å². The molecule has 0 amide bonds. The van der Waals surface area contributed by atoms with E-state index in [9.17, 15) is 4.79 Å². The molecule has 1 aromatic rings. The molecular weight excluding hydrogens is 256 g/mol. The molecule has 1 aromatic carbocycles. The number of carbonyl (C=O) groups is 1. The van der Waals surface area contributed by atoms with Gasteiger partial charge < -0.3 is 9.47 Å². The molecule has 5 nitrogen and oxygen atoms in total. The first-order chi connectivity index (χ1) is 9.56. The molecule has 0 unspecified atom stereocenters. The lowest BCUT2D eigenvalue weighted by molar-refractivity contribution is -0.142. The van der Waals surface area contributed by atoms with Gasteiger partial charge in [0, 0.05) is 12.6 Å². The van der Waals surface area contributed by atoms with E-state index in [2.05, 4.69) is 10.8 Å². The lowest BCUT2D eigenvalue weighted by Gasteiger charge is -2.24. The minimum atomic E-state index is -0.253. The number of benzene rings is 1. The molecule has 0 bridgehead atoms. The molecule has 108 valence electrons. The molecular formula is C15H20N2O3. The van der Waals surface area contributed by atoms with Gasteiger partial charge in [0.05, 0.1) is 25.3 Å². The Hall–Kier alpha value is -2.06. The van der Waals surface area contributed by atoms with Gasteiger partial charge in [0.15, 0.2) is 0 Å². The Labute approximate surface area is 119 Å². The second kappa shape index (κ2) is 8.18. The van der Waals surface area contributed by atoms with Gasteiger partial charge in [-0.1, -0.05) is 0 Å². The molecule has 0 aliphatic carbocycles. The van der Waals surface area contributed by atoms with Crippen molar-refractivity contribution >= 4 is 5.97 Å². The third-order valence-corrected chi connectivity index (χ3v) is 2.92. The fourth-order valence-electron chi connectivity index (χ4n) is 1.66. The average molecular weight is 276 g/mol. The van der Waals surface area contributed by atoms with Gasteiger partial charge in [-0.15, -0.1) is 0 Å². The van der Waals surface area contributed by atoms with Crippen LogP contribution in [0.15, 0.2) is 24.3 Å². The Morgan fingerprint density at radius 1 is 1.35 bits per heavy atom. The van der Waals surface area contributed by atoms with Gasteiger partial charge in [-0.3, -0.25) is 9.69 Å². The van der Waals surface area contributed by atoms with Crippen molar-refractivity contribution in [3.05, 3.63) is 29.8 Å². The maximum Gasteiger partial charge on any atom is 0.319 e. The Kier molecular flexibility index (Phi) is 6.54. The van der Waals surface area contributed by atoms with Gasteiger partial charge in [-0.2, -0.15) is 5.26 Å². The molecule has 20 heavy (non-hydrogen) atoms. The molecule has 0 atom stereocenters. The maximum absolute atomic E-state index is 11.3. The van der Waals surface area contributed by atoms with Gasteiger partial charge in [0.2, 0.25) is 0 Å². The minimum absolute atomic E-state index is 0.235. The summed E-state index contributed by atoms with van der Waals surface area (Å²) in [5.74, 6) is 0.461. The van der Waals surface area contributed by atoms with E-state index in [1.165, 1.54) is 7.11 Å². The molecule has 5 heteroatoms. The summed E-state index contributed by atoms with van der Waals surface area (Å²) in [6.45, 7) is 5.40. The molecule has 0 saturated heterocycles. The van der Waals surface area contributed by atoms with E-state index in [1.54, 1.807) is 24.3 Å². The van der Waals surface area contributed by atoms with Gasteiger partial charge in [-0.25, -0.2) is 0 Å². The summed E-state index contributed by atoms with van der Waals surface area (Å²) in [4.78, 5) is 13.3. The highest BCUT2D eigenvalue weighted by Crippen LogP contribution is 2.11. The monoisotopic (exact) mass is 276 g/mol. The molecule has 0 aromatic heterocycles. The van der Waals surface area contributed by atoms with E-state index in [0.29, 0.717) is 24.5 Å². The molecule has 0 aliphatic heterocycles. The Morgan fingerprint density at radius 2 is 2.00 bits per heavy atom. The van der Waals surface area contributed by atoms with Crippen LogP contribution < -0.4 is 4.74 Å². The first-order valence-corrected chi connectivity index (χ1v) is 6.50. The summed E-state index contributed by atoms with van der Waals surface area (Å²) in [5, 5.41) is 8.70. The van der Waals surface area contributed by atoms with Crippen molar-refractivity contribution in [1.29, 1.82) is 5.26 Å². The van der Waals surface area contributed by atoms with E-state index in [4.69, 9.17) is 10.00 Å². The zero-order chi connectivity index (χ0) is 15.0. The summed E-state index contributed by atoms with van der Waals surface area (Å²) in [7, 11) is 1.38. The van der Waals surface area contributed by atoms with Gasteiger partial charge in [0.1, 0.15) is 12.4 Å². The molecule has 0 N–H and O–H groups in total. The summed E-state index contributed by atoms with van der Waals surface area (Å²) in [6, 6.07) is 9.24. The highest BCUT2D eigenvalue weighted by molar-refractivity contribution is 5.71. The molecule has 0 heterocycles. The topological polar surface area (TPSA) is 62.6 Å². The lowest BCUT2D eigenvalue weighted by Crippen LogP contribution is -2.38. The fraction of sp³-hybridized carbons (Fsp3) is 0.467. The summed E-state index contributed by atoms with van der Waals surface area (Å²) in [5.41, 5.74) is 0.604. The van der Waals surface area contributed by atoms with Crippen LogP contribution in [0.4, 0.5) is 0 Å². The third kappa shape index (κ3) is 5.29. The number of nitriles is 1. The number of hydrogen-bond donors (Lipinski definition) is 0. The third-order valence-electron chi connectivity index (χ3n) is 2.92.